The number of nitrogens with one attached hydrogen (secondary N) is 1. The molecule has 102 valence electrons. The van der Waals surface area contributed by atoms with Crippen molar-refractivity contribution in [2.75, 3.05) is 11.9 Å². The molecule has 3 N–H and O–H groups in total. The lowest BCUT2D eigenvalue weighted by atomic mass is 9.99. The zero-order valence-electron chi connectivity index (χ0n) is 10.8. The van der Waals surface area contributed by atoms with Crippen LogP contribution in [-0.2, 0) is 0 Å². The minimum atomic E-state index is -0.380. The first kappa shape index (κ1) is 15.0. The minimum Gasteiger partial charge on any atom is -0.503 e. The molecule has 1 aliphatic carbocycles. The lowest BCUT2D eigenvalue weighted by Crippen LogP contribution is -2.39. The summed E-state index contributed by atoms with van der Waals surface area (Å²) in [4.78, 5) is 7.58. The van der Waals surface area contributed by atoms with E-state index >= 15 is 0 Å². The topological polar surface area (TPSA) is 78.3 Å². The van der Waals surface area contributed by atoms with Crippen LogP contribution in [0.5, 0.6) is 5.75 Å². The number of rotatable bonds is 3. The van der Waals surface area contributed by atoms with Crippen LogP contribution in [0.25, 0.3) is 0 Å². The van der Waals surface area contributed by atoms with Crippen molar-refractivity contribution in [2.24, 2.45) is 0 Å². The average molecular weight is 274 g/mol. The highest BCUT2D eigenvalue weighted by Gasteiger charge is 2.34. The van der Waals surface area contributed by atoms with E-state index in [0.717, 1.165) is 25.7 Å². The number of aromatic hydroxyl groups is 1. The van der Waals surface area contributed by atoms with Crippen molar-refractivity contribution in [3.05, 3.63) is 11.5 Å². The molecule has 0 spiro atoms. The quantitative estimate of drug-likeness (QED) is 0.738. The molecule has 1 saturated carbocycles. The molecule has 6 heteroatoms. The number of hydrogen-bond acceptors (Lipinski definition) is 5. The van der Waals surface area contributed by atoms with Gasteiger partial charge in [0.15, 0.2) is 11.6 Å². The van der Waals surface area contributed by atoms with E-state index in [9.17, 15) is 10.2 Å². The van der Waals surface area contributed by atoms with Gasteiger partial charge in [0.1, 0.15) is 0 Å². The number of aliphatic hydroxyl groups is 1. The highest BCUT2D eigenvalue weighted by molar-refractivity contribution is 6.28. The van der Waals surface area contributed by atoms with E-state index < -0.39 is 0 Å². The fourth-order valence-electron chi connectivity index (χ4n) is 2.07. The van der Waals surface area contributed by atoms with Crippen molar-refractivity contribution >= 4 is 17.4 Å². The average Bonchev–Trinajstić information content (AvgIpc) is 2.86. The van der Waals surface area contributed by atoms with E-state index in [0.29, 0.717) is 0 Å². The van der Waals surface area contributed by atoms with Crippen LogP contribution in [0, 0.1) is 0 Å². The molecular formula is C12H20ClN3O2. The summed E-state index contributed by atoms with van der Waals surface area (Å²) in [5.41, 5.74) is -0.380. The zero-order chi connectivity index (χ0) is 13.6. The summed E-state index contributed by atoms with van der Waals surface area (Å²) >= 11 is 5.66. The molecule has 0 aliphatic heterocycles. The number of anilines is 1. The first-order valence-electron chi connectivity index (χ1n) is 6.26. The predicted octanol–water partition coefficient (Wildman–Crippen LogP) is 2.58. The van der Waals surface area contributed by atoms with Gasteiger partial charge in [-0.15, -0.1) is 0 Å². The maximum absolute atomic E-state index is 9.58. The van der Waals surface area contributed by atoms with Gasteiger partial charge in [0, 0.05) is 0 Å². The molecule has 1 fully saturated rings. The van der Waals surface area contributed by atoms with Crippen LogP contribution >= 0.6 is 11.6 Å². The highest BCUT2D eigenvalue weighted by atomic mass is 35.5. The molecular weight excluding hydrogens is 254 g/mol. The van der Waals surface area contributed by atoms with Crippen molar-refractivity contribution in [1.29, 1.82) is 0 Å². The number of aromatic nitrogens is 2. The Labute approximate surface area is 112 Å². The fourth-order valence-corrected chi connectivity index (χ4v) is 2.20. The summed E-state index contributed by atoms with van der Waals surface area (Å²) in [6, 6.07) is 0. The summed E-state index contributed by atoms with van der Waals surface area (Å²) in [6.07, 6.45) is 5.10. The third-order valence-electron chi connectivity index (χ3n) is 2.99. The van der Waals surface area contributed by atoms with Gasteiger partial charge >= 0.3 is 0 Å². The van der Waals surface area contributed by atoms with Gasteiger partial charge in [0.2, 0.25) is 5.28 Å². The Hall–Kier alpha value is -1.07. The Morgan fingerprint density at radius 3 is 2.56 bits per heavy atom. The molecule has 0 amide bonds. The second-order valence-corrected chi connectivity index (χ2v) is 4.48. The lowest BCUT2D eigenvalue weighted by Gasteiger charge is -2.28. The van der Waals surface area contributed by atoms with Crippen molar-refractivity contribution in [2.45, 2.75) is 45.1 Å². The van der Waals surface area contributed by atoms with Crippen LogP contribution < -0.4 is 5.32 Å². The SMILES string of the molecule is CC.OCC1(Nc2nc(Cl)ncc2O)CCCC1. The minimum absolute atomic E-state index is 0.0219. The van der Waals surface area contributed by atoms with Gasteiger partial charge in [-0.1, -0.05) is 26.7 Å². The Morgan fingerprint density at radius 1 is 1.39 bits per heavy atom. The second-order valence-electron chi connectivity index (χ2n) is 4.14. The molecule has 1 aromatic rings. The molecule has 2 rings (SSSR count). The van der Waals surface area contributed by atoms with Gasteiger partial charge in [0.05, 0.1) is 18.3 Å². The smallest absolute Gasteiger partial charge is 0.224 e. The van der Waals surface area contributed by atoms with Gasteiger partial charge in [-0.05, 0) is 24.4 Å². The maximum atomic E-state index is 9.58. The van der Waals surface area contributed by atoms with Crippen molar-refractivity contribution in [3.8, 4) is 5.75 Å². The molecule has 1 aliphatic rings. The van der Waals surface area contributed by atoms with E-state index in [-0.39, 0.29) is 29.0 Å². The molecule has 5 nitrogen and oxygen atoms in total. The summed E-state index contributed by atoms with van der Waals surface area (Å²) in [5, 5.41) is 22.1. The van der Waals surface area contributed by atoms with Crippen LogP contribution in [0.15, 0.2) is 6.20 Å². The fraction of sp³-hybridized carbons (Fsp3) is 0.667. The first-order chi connectivity index (χ1) is 8.65. The lowest BCUT2D eigenvalue weighted by molar-refractivity contribution is 0.213. The van der Waals surface area contributed by atoms with E-state index in [1.807, 2.05) is 13.8 Å². The monoisotopic (exact) mass is 273 g/mol. The van der Waals surface area contributed by atoms with E-state index in [1.54, 1.807) is 0 Å². The second kappa shape index (κ2) is 6.75. The number of nitrogens with zero attached hydrogens (tertiary/aromatic N) is 2. The molecule has 0 radical (unpaired) electrons. The maximum Gasteiger partial charge on any atom is 0.224 e. The van der Waals surface area contributed by atoms with Gasteiger partial charge in [-0.2, -0.15) is 4.98 Å². The van der Waals surface area contributed by atoms with E-state index in [1.165, 1.54) is 6.20 Å². The molecule has 1 heterocycles. The number of aliphatic hydroxyl groups excluding tert-OH is 1. The Balaban J connectivity index is 0.000000771. The van der Waals surface area contributed by atoms with Crippen LogP contribution in [-0.4, -0.2) is 32.3 Å². The standard InChI is InChI=1S/C10H14ClN3O2.C2H6/c11-9-12-5-7(16)8(13-9)14-10(6-15)3-1-2-4-10;1-2/h5,15-16H,1-4,6H2,(H,12,13,14);1-2H3. The summed E-state index contributed by atoms with van der Waals surface area (Å²) < 4.78 is 0. The van der Waals surface area contributed by atoms with E-state index in [2.05, 4.69) is 15.3 Å². The van der Waals surface area contributed by atoms with Gasteiger partial charge in [-0.3, -0.25) is 0 Å². The van der Waals surface area contributed by atoms with Crippen LogP contribution in [0.2, 0.25) is 5.28 Å². The Bertz CT molecular complexity index is 382. The molecule has 1 aromatic heterocycles. The molecule has 18 heavy (non-hydrogen) atoms. The van der Waals surface area contributed by atoms with Crippen molar-refractivity contribution in [3.63, 3.8) is 0 Å². The number of hydrogen-bond donors (Lipinski definition) is 3. The summed E-state index contributed by atoms with van der Waals surface area (Å²) in [6.45, 7) is 4.02. The molecule has 0 saturated heterocycles. The zero-order valence-corrected chi connectivity index (χ0v) is 11.5. The molecule has 0 atom stereocenters. The van der Waals surface area contributed by atoms with Crippen LogP contribution in [0.3, 0.4) is 0 Å². The molecule has 0 unspecified atom stereocenters. The molecule has 0 bridgehead atoms. The van der Waals surface area contributed by atoms with Gasteiger partial charge in [0.25, 0.3) is 0 Å². The van der Waals surface area contributed by atoms with Gasteiger partial charge < -0.3 is 15.5 Å². The van der Waals surface area contributed by atoms with Gasteiger partial charge in [-0.25, -0.2) is 4.98 Å². The summed E-state index contributed by atoms with van der Waals surface area (Å²) in [7, 11) is 0. The van der Waals surface area contributed by atoms with Crippen molar-refractivity contribution in [1.82, 2.24) is 9.97 Å². The third kappa shape index (κ3) is 3.46. The predicted molar refractivity (Wildman–Crippen MR) is 72.0 cm³/mol. The largest absolute Gasteiger partial charge is 0.503 e. The highest BCUT2D eigenvalue weighted by Crippen LogP contribution is 2.34. The normalized spacial score (nSPS) is 16.9. The Kier molecular flexibility index (Phi) is 5.62. The van der Waals surface area contributed by atoms with Crippen LogP contribution in [0.1, 0.15) is 39.5 Å². The number of halogens is 1. The van der Waals surface area contributed by atoms with Crippen LogP contribution in [0.4, 0.5) is 5.82 Å². The van der Waals surface area contributed by atoms with Crippen molar-refractivity contribution < 1.29 is 10.2 Å². The Morgan fingerprint density at radius 2 is 2.00 bits per heavy atom. The summed E-state index contributed by atoms with van der Waals surface area (Å²) in [5.74, 6) is 0.236. The van der Waals surface area contributed by atoms with E-state index in [4.69, 9.17) is 11.6 Å². The molecule has 0 aromatic carbocycles. The first-order valence-corrected chi connectivity index (χ1v) is 6.64. The third-order valence-corrected chi connectivity index (χ3v) is 3.17.